The second kappa shape index (κ2) is 7.61. The molecule has 7 heteroatoms. The Kier molecular flexibility index (Phi) is 5.15. The molecule has 0 fully saturated rings. The first-order valence-corrected chi connectivity index (χ1v) is 9.90. The van der Waals surface area contributed by atoms with Gasteiger partial charge in [0, 0.05) is 22.4 Å². The normalized spacial score (nSPS) is 11.6. The number of aliphatic imine (C=N–C) groups is 1. The summed E-state index contributed by atoms with van der Waals surface area (Å²) in [5.74, 6) is 0.0700. The van der Waals surface area contributed by atoms with E-state index in [0.29, 0.717) is 43.3 Å². The van der Waals surface area contributed by atoms with E-state index in [4.69, 9.17) is 16.0 Å². The molecule has 4 rings (SSSR count). The lowest BCUT2D eigenvalue weighted by Gasteiger charge is -2.11. The molecule has 4 aromatic rings. The van der Waals surface area contributed by atoms with Crippen molar-refractivity contribution in [3.63, 3.8) is 0 Å². The van der Waals surface area contributed by atoms with Gasteiger partial charge in [-0.05, 0) is 77.3 Å². The molecular formula is C22H15BrClFN2O2. The fraction of sp³-hybridized carbons (Fsp3) is 0.0909. The number of phenols is 1. The number of benzene rings is 3. The molecule has 146 valence electrons. The Bertz CT molecular complexity index is 1250. The number of aromatic hydroxyl groups is 1. The molecule has 0 saturated heterocycles. The first-order chi connectivity index (χ1) is 13.8. The first-order valence-electron chi connectivity index (χ1n) is 8.73. The summed E-state index contributed by atoms with van der Waals surface area (Å²) in [6, 6.07) is 11.4. The highest BCUT2D eigenvalue weighted by atomic mass is 79.9. The van der Waals surface area contributed by atoms with Crippen LogP contribution in [-0.2, 0) is 0 Å². The van der Waals surface area contributed by atoms with Crippen LogP contribution in [0.4, 0.5) is 10.1 Å². The van der Waals surface area contributed by atoms with E-state index in [0.717, 1.165) is 11.1 Å². The minimum absolute atomic E-state index is 0.0871. The molecule has 29 heavy (non-hydrogen) atoms. The van der Waals surface area contributed by atoms with Crippen molar-refractivity contribution in [2.75, 3.05) is 0 Å². The fourth-order valence-corrected chi connectivity index (χ4v) is 3.73. The van der Waals surface area contributed by atoms with Crippen LogP contribution in [-0.4, -0.2) is 16.3 Å². The number of oxazole rings is 1. The molecule has 1 heterocycles. The van der Waals surface area contributed by atoms with Gasteiger partial charge in [0.25, 0.3) is 0 Å². The van der Waals surface area contributed by atoms with Crippen LogP contribution in [0.15, 0.2) is 56.3 Å². The number of aromatic nitrogens is 1. The van der Waals surface area contributed by atoms with Crippen LogP contribution in [0.2, 0.25) is 5.02 Å². The maximum atomic E-state index is 13.5. The zero-order chi connectivity index (χ0) is 20.7. The van der Waals surface area contributed by atoms with E-state index in [1.807, 2.05) is 13.8 Å². The Labute approximate surface area is 179 Å². The van der Waals surface area contributed by atoms with Crippen LogP contribution in [0.1, 0.15) is 16.7 Å². The van der Waals surface area contributed by atoms with Crippen LogP contribution in [0.3, 0.4) is 0 Å². The van der Waals surface area contributed by atoms with Crippen molar-refractivity contribution in [1.82, 2.24) is 4.98 Å². The predicted octanol–water partition coefficient (Wildman–Crippen LogP) is 7.12. The number of hydrogen-bond donors (Lipinski definition) is 1. The van der Waals surface area contributed by atoms with Crippen LogP contribution in [0.5, 0.6) is 5.75 Å². The maximum Gasteiger partial charge on any atom is 0.227 e. The molecular weight excluding hydrogens is 459 g/mol. The standard InChI is InChI=1S/C22H15BrClFN2O2/c1-11-16(21(28)19(23)12(2)20(11)24)10-26-15-6-7-18-17(9-15)27-22(29-18)13-4-3-5-14(25)8-13/h3-10,28H,1-2H3. The molecule has 0 aliphatic heterocycles. The highest BCUT2D eigenvalue weighted by Crippen LogP contribution is 2.38. The van der Waals surface area contributed by atoms with Crippen LogP contribution in [0, 0.1) is 19.7 Å². The Hall–Kier alpha value is -2.70. The van der Waals surface area contributed by atoms with Gasteiger partial charge in [-0.1, -0.05) is 17.7 Å². The van der Waals surface area contributed by atoms with E-state index in [2.05, 4.69) is 25.9 Å². The Morgan fingerprint density at radius 3 is 2.72 bits per heavy atom. The van der Waals surface area contributed by atoms with Gasteiger partial charge in [-0.15, -0.1) is 0 Å². The second-order valence-corrected chi connectivity index (χ2v) is 7.75. The number of fused-ring (bicyclic) bond motifs is 1. The van der Waals surface area contributed by atoms with E-state index in [1.165, 1.54) is 12.1 Å². The Balaban J connectivity index is 1.71. The van der Waals surface area contributed by atoms with Gasteiger partial charge >= 0.3 is 0 Å². The van der Waals surface area contributed by atoms with Crippen LogP contribution < -0.4 is 0 Å². The molecule has 0 atom stereocenters. The minimum atomic E-state index is -0.354. The lowest BCUT2D eigenvalue weighted by molar-refractivity contribution is 0.470. The molecule has 4 nitrogen and oxygen atoms in total. The van der Waals surface area contributed by atoms with Gasteiger partial charge < -0.3 is 9.52 Å². The van der Waals surface area contributed by atoms with E-state index < -0.39 is 0 Å². The molecule has 0 bridgehead atoms. The average Bonchev–Trinajstić information content (AvgIpc) is 3.14. The molecule has 0 radical (unpaired) electrons. The summed E-state index contributed by atoms with van der Waals surface area (Å²) in [5.41, 5.74) is 4.41. The van der Waals surface area contributed by atoms with Gasteiger partial charge in [0.2, 0.25) is 5.89 Å². The molecule has 1 N–H and O–H groups in total. The number of phenolic OH excluding ortho intramolecular Hbond substituents is 1. The van der Waals surface area contributed by atoms with E-state index in [1.54, 1.807) is 36.5 Å². The largest absolute Gasteiger partial charge is 0.506 e. The van der Waals surface area contributed by atoms with Gasteiger partial charge in [-0.3, -0.25) is 4.99 Å². The van der Waals surface area contributed by atoms with Gasteiger partial charge in [0.15, 0.2) is 5.58 Å². The molecule has 0 aliphatic carbocycles. The van der Waals surface area contributed by atoms with E-state index in [9.17, 15) is 9.50 Å². The van der Waals surface area contributed by atoms with E-state index >= 15 is 0 Å². The summed E-state index contributed by atoms with van der Waals surface area (Å²) in [7, 11) is 0. The molecule has 0 unspecified atom stereocenters. The third-order valence-corrected chi connectivity index (χ3v) is 6.18. The average molecular weight is 474 g/mol. The summed E-state index contributed by atoms with van der Waals surface area (Å²) in [4.78, 5) is 8.88. The highest BCUT2D eigenvalue weighted by molar-refractivity contribution is 9.10. The van der Waals surface area contributed by atoms with Crippen molar-refractivity contribution >= 4 is 50.5 Å². The maximum absolute atomic E-state index is 13.5. The summed E-state index contributed by atoms with van der Waals surface area (Å²) in [5, 5.41) is 11.0. The third kappa shape index (κ3) is 3.66. The highest BCUT2D eigenvalue weighted by Gasteiger charge is 2.15. The van der Waals surface area contributed by atoms with Crippen molar-refractivity contribution < 1.29 is 13.9 Å². The summed E-state index contributed by atoms with van der Waals surface area (Å²) >= 11 is 9.70. The van der Waals surface area contributed by atoms with Gasteiger partial charge in [-0.2, -0.15) is 0 Å². The van der Waals surface area contributed by atoms with Crippen molar-refractivity contribution in [3.8, 4) is 17.2 Å². The van der Waals surface area contributed by atoms with Crippen LogP contribution in [0.25, 0.3) is 22.6 Å². The number of halogens is 3. The van der Waals surface area contributed by atoms with Crippen molar-refractivity contribution in [3.05, 3.63) is 74.5 Å². The monoisotopic (exact) mass is 472 g/mol. The lowest BCUT2D eigenvalue weighted by atomic mass is 10.0. The van der Waals surface area contributed by atoms with Gasteiger partial charge in [0.05, 0.1) is 10.2 Å². The SMILES string of the molecule is Cc1c(Cl)c(C)c(C=Nc2ccc3oc(-c4cccc(F)c4)nc3c2)c(O)c1Br. The number of rotatable bonds is 3. The fourth-order valence-electron chi connectivity index (χ4n) is 3.01. The summed E-state index contributed by atoms with van der Waals surface area (Å²) in [6.45, 7) is 3.66. The Morgan fingerprint density at radius 2 is 1.97 bits per heavy atom. The Morgan fingerprint density at radius 1 is 1.17 bits per heavy atom. The topological polar surface area (TPSA) is 58.6 Å². The van der Waals surface area contributed by atoms with Crippen molar-refractivity contribution in [1.29, 1.82) is 0 Å². The van der Waals surface area contributed by atoms with Crippen LogP contribution >= 0.6 is 27.5 Å². The predicted molar refractivity (Wildman–Crippen MR) is 117 cm³/mol. The molecule has 0 amide bonds. The molecule has 1 aromatic heterocycles. The third-order valence-electron chi connectivity index (χ3n) is 4.64. The molecule has 0 saturated carbocycles. The summed E-state index contributed by atoms with van der Waals surface area (Å²) < 4.78 is 19.7. The second-order valence-electron chi connectivity index (χ2n) is 6.58. The first kappa shape index (κ1) is 19.6. The quantitative estimate of drug-likeness (QED) is 0.322. The molecule has 3 aromatic carbocycles. The lowest BCUT2D eigenvalue weighted by Crippen LogP contribution is -1.94. The van der Waals surface area contributed by atoms with Gasteiger partial charge in [0.1, 0.15) is 17.1 Å². The molecule has 0 spiro atoms. The van der Waals surface area contributed by atoms with Crippen molar-refractivity contribution in [2.24, 2.45) is 4.99 Å². The smallest absolute Gasteiger partial charge is 0.227 e. The number of hydrogen-bond acceptors (Lipinski definition) is 4. The van der Waals surface area contributed by atoms with E-state index in [-0.39, 0.29) is 11.6 Å². The van der Waals surface area contributed by atoms with Gasteiger partial charge in [-0.25, -0.2) is 9.37 Å². The zero-order valence-electron chi connectivity index (χ0n) is 15.5. The zero-order valence-corrected chi connectivity index (χ0v) is 17.8. The summed E-state index contributed by atoms with van der Waals surface area (Å²) in [6.07, 6.45) is 1.56. The molecule has 0 aliphatic rings. The number of nitrogens with zero attached hydrogens (tertiary/aromatic N) is 2. The van der Waals surface area contributed by atoms with Crippen molar-refractivity contribution in [2.45, 2.75) is 13.8 Å². The minimum Gasteiger partial charge on any atom is -0.506 e.